The molecule has 3 heteroatoms. The lowest BCUT2D eigenvalue weighted by molar-refractivity contribution is 0.477. The molecular formula is C11H21N3. The summed E-state index contributed by atoms with van der Waals surface area (Å²) >= 11 is 0. The van der Waals surface area contributed by atoms with Crippen LogP contribution in [0.15, 0.2) is 12.4 Å². The fourth-order valence-electron chi connectivity index (χ4n) is 1.60. The first-order chi connectivity index (χ1) is 6.66. The molecule has 1 heterocycles. The van der Waals surface area contributed by atoms with Crippen molar-refractivity contribution in [3.8, 4) is 0 Å². The second-order valence-electron chi connectivity index (χ2n) is 4.00. The molecule has 3 nitrogen and oxygen atoms in total. The van der Waals surface area contributed by atoms with Gasteiger partial charge in [-0.2, -0.15) is 0 Å². The molecule has 14 heavy (non-hydrogen) atoms. The standard InChI is InChI=1S/C11H21N3/c1-5-12-8-10(4)14-7-6-13-11(14)9(2)3/h6-7,9-10,12H,5,8H2,1-4H3. The molecule has 80 valence electrons. The van der Waals surface area contributed by atoms with Crippen LogP contribution in [0, 0.1) is 0 Å². The first-order valence-corrected chi connectivity index (χ1v) is 5.40. The molecule has 0 aliphatic carbocycles. The average molecular weight is 195 g/mol. The number of nitrogens with one attached hydrogen (secondary N) is 1. The van der Waals surface area contributed by atoms with Gasteiger partial charge in [0, 0.05) is 30.9 Å². The summed E-state index contributed by atoms with van der Waals surface area (Å²) in [7, 11) is 0. The highest BCUT2D eigenvalue weighted by Gasteiger charge is 2.11. The molecule has 0 aliphatic rings. The number of nitrogens with zero attached hydrogens (tertiary/aromatic N) is 2. The Bertz CT molecular complexity index is 265. The summed E-state index contributed by atoms with van der Waals surface area (Å²) in [6.45, 7) is 10.7. The second-order valence-corrected chi connectivity index (χ2v) is 4.00. The minimum absolute atomic E-state index is 0.481. The fraction of sp³-hybridized carbons (Fsp3) is 0.727. The maximum absolute atomic E-state index is 4.38. The molecule has 0 spiro atoms. The van der Waals surface area contributed by atoms with Gasteiger partial charge >= 0.3 is 0 Å². The van der Waals surface area contributed by atoms with Crippen LogP contribution in [-0.2, 0) is 0 Å². The largest absolute Gasteiger partial charge is 0.331 e. The Morgan fingerprint density at radius 2 is 2.14 bits per heavy atom. The van der Waals surface area contributed by atoms with Crippen molar-refractivity contribution < 1.29 is 0 Å². The molecule has 0 fully saturated rings. The van der Waals surface area contributed by atoms with E-state index in [1.54, 1.807) is 0 Å². The number of hydrogen-bond donors (Lipinski definition) is 1. The van der Waals surface area contributed by atoms with Gasteiger partial charge in [-0.1, -0.05) is 20.8 Å². The zero-order chi connectivity index (χ0) is 10.6. The smallest absolute Gasteiger partial charge is 0.111 e. The molecule has 1 N–H and O–H groups in total. The molecule has 0 radical (unpaired) electrons. The van der Waals surface area contributed by atoms with E-state index in [0.717, 1.165) is 13.1 Å². The van der Waals surface area contributed by atoms with Crippen molar-refractivity contribution in [3.05, 3.63) is 18.2 Å². The van der Waals surface area contributed by atoms with Crippen molar-refractivity contribution in [1.82, 2.24) is 14.9 Å². The first-order valence-electron chi connectivity index (χ1n) is 5.40. The highest BCUT2D eigenvalue weighted by Crippen LogP contribution is 2.16. The monoisotopic (exact) mass is 195 g/mol. The van der Waals surface area contributed by atoms with Crippen LogP contribution in [0.2, 0.25) is 0 Å². The SMILES string of the molecule is CCNCC(C)n1ccnc1C(C)C. The summed E-state index contributed by atoms with van der Waals surface area (Å²) in [5, 5.41) is 3.35. The van der Waals surface area contributed by atoms with E-state index in [2.05, 4.69) is 48.8 Å². The molecule has 1 aromatic heterocycles. The van der Waals surface area contributed by atoms with Gasteiger partial charge < -0.3 is 9.88 Å². The second kappa shape index (κ2) is 5.15. The molecule has 1 rings (SSSR count). The molecule has 0 bridgehead atoms. The van der Waals surface area contributed by atoms with Crippen LogP contribution < -0.4 is 5.32 Å². The summed E-state index contributed by atoms with van der Waals surface area (Å²) in [4.78, 5) is 4.38. The van der Waals surface area contributed by atoms with Crippen molar-refractivity contribution in [2.24, 2.45) is 0 Å². The number of imidazole rings is 1. The number of hydrogen-bond acceptors (Lipinski definition) is 2. The van der Waals surface area contributed by atoms with Crippen molar-refractivity contribution in [1.29, 1.82) is 0 Å². The van der Waals surface area contributed by atoms with Gasteiger partial charge in [-0.3, -0.25) is 0 Å². The van der Waals surface area contributed by atoms with Gasteiger partial charge in [-0.05, 0) is 13.5 Å². The number of likely N-dealkylation sites (N-methyl/N-ethyl adjacent to an activating group) is 1. The highest BCUT2D eigenvalue weighted by molar-refractivity contribution is 4.99. The summed E-state index contributed by atoms with van der Waals surface area (Å²) in [5.41, 5.74) is 0. The lowest BCUT2D eigenvalue weighted by Crippen LogP contribution is -2.24. The zero-order valence-corrected chi connectivity index (χ0v) is 9.62. The van der Waals surface area contributed by atoms with Crippen molar-refractivity contribution in [2.45, 2.75) is 39.7 Å². The predicted octanol–water partition coefficient (Wildman–Crippen LogP) is 2.18. The molecule has 0 saturated heterocycles. The van der Waals surface area contributed by atoms with Gasteiger partial charge in [-0.25, -0.2) is 4.98 Å². The van der Waals surface area contributed by atoms with Crippen molar-refractivity contribution in [3.63, 3.8) is 0 Å². The normalized spacial score (nSPS) is 13.5. The molecule has 0 aliphatic heterocycles. The van der Waals surface area contributed by atoms with Crippen LogP contribution in [0.25, 0.3) is 0 Å². The third kappa shape index (κ3) is 2.58. The maximum Gasteiger partial charge on any atom is 0.111 e. The Hall–Kier alpha value is -0.830. The van der Waals surface area contributed by atoms with E-state index in [1.807, 2.05) is 6.20 Å². The maximum atomic E-state index is 4.38. The third-order valence-electron chi connectivity index (χ3n) is 2.38. The highest BCUT2D eigenvalue weighted by atomic mass is 15.1. The molecule has 1 aromatic rings. The molecule has 0 amide bonds. The van der Waals surface area contributed by atoms with Gasteiger partial charge in [-0.15, -0.1) is 0 Å². The topological polar surface area (TPSA) is 29.9 Å². The van der Waals surface area contributed by atoms with E-state index in [9.17, 15) is 0 Å². The van der Waals surface area contributed by atoms with Gasteiger partial charge in [0.15, 0.2) is 0 Å². The number of aromatic nitrogens is 2. The fourth-order valence-corrected chi connectivity index (χ4v) is 1.60. The lowest BCUT2D eigenvalue weighted by Gasteiger charge is -2.18. The number of rotatable bonds is 5. The van der Waals surface area contributed by atoms with Gasteiger partial charge in [0.2, 0.25) is 0 Å². The van der Waals surface area contributed by atoms with Crippen LogP contribution in [0.3, 0.4) is 0 Å². The minimum Gasteiger partial charge on any atom is -0.331 e. The Labute approximate surface area is 86.5 Å². The van der Waals surface area contributed by atoms with Crippen LogP contribution in [0.5, 0.6) is 0 Å². The van der Waals surface area contributed by atoms with E-state index >= 15 is 0 Å². The van der Waals surface area contributed by atoms with Crippen LogP contribution >= 0.6 is 0 Å². The molecule has 0 aromatic carbocycles. The third-order valence-corrected chi connectivity index (χ3v) is 2.38. The van der Waals surface area contributed by atoms with Gasteiger partial charge in [0.1, 0.15) is 5.82 Å². The van der Waals surface area contributed by atoms with Gasteiger partial charge in [0.05, 0.1) is 0 Å². The van der Waals surface area contributed by atoms with E-state index in [4.69, 9.17) is 0 Å². The quantitative estimate of drug-likeness (QED) is 0.780. The van der Waals surface area contributed by atoms with E-state index in [1.165, 1.54) is 5.82 Å². The van der Waals surface area contributed by atoms with Crippen LogP contribution in [0.4, 0.5) is 0 Å². The summed E-state index contributed by atoms with van der Waals surface area (Å²) < 4.78 is 2.26. The molecule has 1 unspecified atom stereocenters. The Morgan fingerprint density at radius 3 is 2.71 bits per heavy atom. The predicted molar refractivity (Wildman–Crippen MR) is 59.6 cm³/mol. The Morgan fingerprint density at radius 1 is 1.43 bits per heavy atom. The first kappa shape index (κ1) is 11.2. The Kier molecular flexibility index (Phi) is 4.14. The molecule has 1 atom stereocenters. The molecule has 0 saturated carbocycles. The Balaban J connectivity index is 2.68. The van der Waals surface area contributed by atoms with E-state index < -0.39 is 0 Å². The van der Waals surface area contributed by atoms with E-state index in [0.29, 0.717) is 12.0 Å². The lowest BCUT2D eigenvalue weighted by atomic mass is 10.2. The minimum atomic E-state index is 0.481. The molecular weight excluding hydrogens is 174 g/mol. The van der Waals surface area contributed by atoms with Gasteiger partial charge in [0.25, 0.3) is 0 Å². The average Bonchev–Trinajstić information content (AvgIpc) is 2.62. The van der Waals surface area contributed by atoms with E-state index in [-0.39, 0.29) is 0 Å². The summed E-state index contributed by atoms with van der Waals surface area (Å²) in [5.74, 6) is 1.67. The summed E-state index contributed by atoms with van der Waals surface area (Å²) in [6.07, 6.45) is 3.95. The summed E-state index contributed by atoms with van der Waals surface area (Å²) in [6, 6.07) is 0.481. The van der Waals surface area contributed by atoms with Crippen molar-refractivity contribution >= 4 is 0 Å². The van der Waals surface area contributed by atoms with Crippen LogP contribution in [-0.4, -0.2) is 22.6 Å². The zero-order valence-electron chi connectivity index (χ0n) is 9.62. The van der Waals surface area contributed by atoms with Crippen LogP contribution in [0.1, 0.15) is 45.5 Å². The van der Waals surface area contributed by atoms with Crippen molar-refractivity contribution in [2.75, 3.05) is 13.1 Å².